The predicted molar refractivity (Wildman–Crippen MR) is 66.8 cm³/mol. The first-order valence-electron chi connectivity index (χ1n) is 6.05. The third-order valence-electron chi connectivity index (χ3n) is 3.36. The molecule has 0 aliphatic heterocycles. The van der Waals surface area contributed by atoms with Crippen molar-refractivity contribution in [3.63, 3.8) is 0 Å². The van der Waals surface area contributed by atoms with Gasteiger partial charge in [-0.3, -0.25) is 10.00 Å². The fraction of sp³-hybridized carbons (Fsp3) is 0.667. The first-order chi connectivity index (χ1) is 8.19. The Morgan fingerprint density at radius 1 is 1.76 bits per heavy atom. The molecule has 1 aromatic rings. The number of halogens is 1. The highest BCUT2D eigenvalue weighted by Crippen LogP contribution is 2.37. The normalized spacial score (nSPS) is 28.2. The van der Waals surface area contributed by atoms with Gasteiger partial charge in [0, 0.05) is 12.6 Å². The lowest BCUT2D eigenvalue weighted by Crippen LogP contribution is -2.42. The molecule has 4 nitrogen and oxygen atoms in total. The van der Waals surface area contributed by atoms with E-state index >= 15 is 0 Å². The van der Waals surface area contributed by atoms with E-state index in [1.807, 2.05) is 10.9 Å². The smallest absolute Gasteiger partial charge is 0.108 e. The molecule has 1 aliphatic carbocycles. The number of nitriles is 1. The molecular weight excluding hydrogens is 236 g/mol. The highest BCUT2D eigenvalue weighted by molar-refractivity contribution is 6.30. The van der Waals surface area contributed by atoms with E-state index in [0.717, 1.165) is 32.2 Å². The average Bonchev–Trinajstić information content (AvgIpc) is 2.93. The molecule has 0 spiro atoms. The number of rotatable bonds is 4. The lowest BCUT2D eigenvalue weighted by Gasteiger charge is -2.22. The van der Waals surface area contributed by atoms with Crippen LogP contribution in [0.1, 0.15) is 38.6 Å². The first-order valence-corrected chi connectivity index (χ1v) is 6.43. The summed E-state index contributed by atoms with van der Waals surface area (Å²) in [4.78, 5) is 0. The number of nitrogens with one attached hydrogen (secondary N) is 1. The van der Waals surface area contributed by atoms with Crippen molar-refractivity contribution in [1.29, 1.82) is 5.26 Å². The van der Waals surface area contributed by atoms with Gasteiger partial charge < -0.3 is 0 Å². The first kappa shape index (κ1) is 12.4. The van der Waals surface area contributed by atoms with Crippen molar-refractivity contribution in [2.45, 2.75) is 44.2 Å². The van der Waals surface area contributed by atoms with Crippen LogP contribution in [0.25, 0.3) is 0 Å². The molecular formula is C12H17ClN4. The van der Waals surface area contributed by atoms with Gasteiger partial charge in [-0.05, 0) is 25.8 Å². The molecule has 2 rings (SSSR count). The minimum absolute atomic E-state index is 0.284. The summed E-state index contributed by atoms with van der Waals surface area (Å²) in [6.45, 7) is 3.00. The molecule has 2 atom stereocenters. The van der Waals surface area contributed by atoms with E-state index in [1.165, 1.54) is 0 Å². The van der Waals surface area contributed by atoms with Crippen LogP contribution in [0.3, 0.4) is 0 Å². The van der Waals surface area contributed by atoms with Crippen LogP contribution in [0.15, 0.2) is 12.4 Å². The minimum Gasteiger partial charge on any atom is -0.299 e. The van der Waals surface area contributed by atoms with E-state index in [1.54, 1.807) is 6.20 Å². The maximum absolute atomic E-state index is 9.34. The van der Waals surface area contributed by atoms with E-state index in [9.17, 15) is 5.26 Å². The molecule has 0 aromatic carbocycles. The van der Waals surface area contributed by atoms with Crippen LogP contribution in [-0.4, -0.2) is 21.9 Å². The molecule has 1 fully saturated rings. The molecule has 1 N–H and O–H groups in total. The predicted octanol–water partition coefficient (Wildman–Crippen LogP) is 2.52. The molecule has 1 aromatic heterocycles. The second-order valence-electron chi connectivity index (χ2n) is 4.66. The molecule has 0 bridgehead atoms. The van der Waals surface area contributed by atoms with Gasteiger partial charge in [0.1, 0.15) is 5.54 Å². The summed E-state index contributed by atoms with van der Waals surface area (Å²) in [6, 6.07) is 2.72. The monoisotopic (exact) mass is 252 g/mol. The second-order valence-corrected chi connectivity index (χ2v) is 5.09. The Labute approximate surface area is 107 Å². The number of hydrogen-bond acceptors (Lipinski definition) is 3. The molecule has 1 saturated carbocycles. The van der Waals surface area contributed by atoms with Crippen LogP contribution >= 0.6 is 11.6 Å². The number of nitrogens with zero attached hydrogens (tertiary/aromatic N) is 3. The van der Waals surface area contributed by atoms with E-state index in [2.05, 4.69) is 23.4 Å². The van der Waals surface area contributed by atoms with Crippen molar-refractivity contribution < 1.29 is 0 Å². The van der Waals surface area contributed by atoms with Crippen molar-refractivity contribution in [2.75, 3.05) is 6.54 Å². The fourth-order valence-corrected chi connectivity index (χ4v) is 2.57. The van der Waals surface area contributed by atoms with Gasteiger partial charge >= 0.3 is 0 Å². The van der Waals surface area contributed by atoms with Crippen LogP contribution in [0.2, 0.25) is 5.02 Å². The van der Waals surface area contributed by atoms with Gasteiger partial charge in [-0.25, -0.2) is 0 Å². The van der Waals surface area contributed by atoms with Crippen LogP contribution in [0, 0.1) is 11.3 Å². The van der Waals surface area contributed by atoms with Crippen LogP contribution < -0.4 is 5.32 Å². The molecule has 17 heavy (non-hydrogen) atoms. The lowest BCUT2D eigenvalue weighted by atomic mass is 9.99. The Bertz CT molecular complexity index is 422. The van der Waals surface area contributed by atoms with Crippen LogP contribution in [0.5, 0.6) is 0 Å². The summed E-state index contributed by atoms with van der Waals surface area (Å²) in [7, 11) is 0. The van der Waals surface area contributed by atoms with Gasteiger partial charge in [-0.1, -0.05) is 18.5 Å². The Hall–Kier alpha value is -1.05. The molecule has 0 saturated heterocycles. The molecule has 0 amide bonds. The summed E-state index contributed by atoms with van der Waals surface area (Å²) < 4.78 is 1.88. The summed E-state index contributed by atoms with van der Waals surface area (Å²) in [5.41, 5.74) is -0.376. The maximum Gasteiger partial charge on any atom is 0.108 e. The Balaban J connectivity index is 2.05. The van der Waals surface area contributed by atoms with Crippen LogP contribution in [-0.2, 0) is 0 Å². The number of hydrogen-bond donors (Lipinski definition) is 1. The highest BCUT2D eigenvalue weighted by Gasteiger charge is 2.39. The second kappa shape index (κ2) is 5.07. The van der Waals surface area contributed by atoms with E-state index < -0.39 is 0 Å². The summed E-state index contributed by atoms with van der Waals surface area (Å²) in [5.74, 6) is 0. The standard InChI is InChI=1S/C12H17ClN4/c1-2-5-15-12(9-14)4-3-11(6-12)17-8-10(13)7-16-17/h7-8,11,15H,2-6H2,1H3. The third kappa shape index (κ3) is 2.62. The molecule has 2 unspecified atom stereocenters. The van der Waals surface area contributed by atoms with E-state index in [-0.39, 0.29) is 11.6 Å². The topological polar surface area (TPSA) is 53.6 Å². The zero-order valence-corrected chi connectivity index (χ0v) is 10.7. The Kier molecular flexibility index (Phi) is 3.70. The molecule has 92 valence electrons. The van der Waals surface area contributed by atoms with Crippen molar-refractivity contribution in [1.82, 2.24) is 15.1 Å². The zero-order valence-electron chi connectivity index (χ0n) is 9.99. The zero-order chi connectivity index (χ0) is 12.3. The Morgan fingerprint density at radius 2 is 2.59 bits per heavy atom. The van der Waals surface area contributed by atoms with Crippen molar-refractivity contribution in [2.24, 2.45) is 0 Å². The summed E-state index contributed by atoms with van der Waals surface area (Å²) in [6.07, 6.45) is 7.18. The summed E-state index contributed by atoms with van der Waals surface area (Å²) >= 11 is 5.86. The van der Waals surface area contributed by atoms with Gasteiger partial charge in [0.25, 0.3) is 0 Å². The lowest BCUT2D eigenvalue weighted by molar-refractivity contribution is 0.388. The maximum atomic E-state index is 9.34. The molecule has 5 heteroatoms. The average molecular weight is 253 g/mol. The largest absolute Gasteiger partial charge is 0.299 e. The minimum atomic E-state index is -0.376. The van der Waals surface area contributed by atoms with E-state index in [0.29, 0.717) is 5.02 Å². The fourth-order valence-electron chi connectivity index (χ4n) is 2.43. The van der Waals surface area contributed by atoms with Crippen molar-refractivity contribution in [3.8, 4) is 6.07 Å². The van der Waals surface area contributed by atoms with Gasteiger partial charge in [0.15, 0.2) is 0 Å². The van der Waals surface area contributed by atoms with Gasteiger partial charge in [-0.15, -0.1) is 0 Å². The number of aromatic nitrogens is 2. The molecule has 1 heterocycles. The van der Waals surface area contributed by atoms with Crippen LogP contribution in [0.4, 0.5) is 0 Å². The van der Waals surface area contributed by atoms with Gasteiger partial charge in [-0.2, -0.15) is 10.4 Å². The summed E-state index contributed by atoms with van der Waals surface area (Å²) in [5, 5.41) is 17.6. The third-order valence-corrected chi connectivity index (χ3v) is 3.56. The van der Waals surface area contributed by atoms with E-state index in [4.69, 9.17) is 11.6 Å². The highest BCUT2D eigenvalue weighted by atomic mass is 35.5. The Morgan fingerprint density at radius 3 is 3.18 bits per heavy atom. The SMILES string of the molecule is CCCNC1(C#N)CCC(n2cc(Cl)cn2)C1. The molecule has 1 aliphatic rings. The van der Waals surface area contributed by atoms with Crippen molar-refractivity contribution in [3.05, 3.63) is 17.4 Å². The van der Waals surface area contributed by atoms with Gasteiger partial charge in [0.2, 0.25) is 0 Å². The van der Waals surface area contributed by atoms with Gasteiger partial charge in [0.05, 0.1) is 23.3 Å². The quantitative estimate of drug-likeness (QED) is 0.896. The van der Waals surface area contributed by atoms with Crippen molar-refractivity contribution >= 4 is 11.6 Å². The molecule has 0 radical (unpaired) electrons.